The Bertz CT molecular complexity index is 1060. The average molecular weight is 484 g/mol. The van der Waals surface area contributed by atoms with Gasteiger partial charge in [0.1, 0.15) is 18.8 Å². The van der Waals surface area contributed by atoms with Gasteiger partial charge in [0.15, 0.2) is 5.78 Å². The van der Waals surface area contributed by atoms with Crippen LogP contribution in [0.3, 0.4) is 0 Å². The van der Waals surface area contributed by atoms with Gasteiger partial charge in [0.05, 0.1) is 17.6 Å². The van der Waals surface area contributed by atoms with Crippen LogP contribution in [-0.2, 0) is 24.3 Å². The summed E-state index contributed by atoms with van der Waals surface area (Å²) in [6.07, 6.45) is 3.89. The molecule has 11 heteroatoms. The number of Topliss-reactive ketones (excluding diaryl/α,β-unsaturated/α-hetero) is 1. The maximum absolute atomic E-state index is 13.9. The van der Waals surface area contributed by atoms with Gasteiger partial charge in [-0.3, -0.25) is 19.1 Å². The summed E-state index contributed by atoms with van der Waals surface area (Å²) in [6.45, 7) is 0.0780. The first-order chi connectivity index (χ1) is 15.1. The third-order valence-corrected chi connectivity index (χ3v) is 7.49. The Morgan fingerprint density at radius 3 is 2.59 bits per heavy atom. The van der Waals surface area contributed by atoms with E-state index in [1.165, 1.54) is 23.1 Å². The monoisotopic (exact) mass is 483 g/mol. The number of fused-ring (bicyclic) bond motifs is 1. The smallest absolute Gasteiger partial charge is 0.249 e. The highest BCUT2D eigenvalue weighted by Crippen LogP contribution is 2.42. The minimum atomic E-state index is -3.57. The highest BCUT2D eigenvalue weighted by molar-refractivity contribution is 7.92. The highest BCUT2D eigenvalue weighted by Gasteiger charge is 2.53. The molecule has 174 valence electrons. The number of carbonyl (C=O) groups excluding carboxylic acids is 3. The van der Waals surface area contributed by atoms with Crippen LogP contribution >= 0.6 is 11.6 Å². The lowest BCUT2D eigenvalue weighted by atomic mass is 9.81. The number of likely N-dealkylation sites (tertiary alicyclic amines) is 1. The second-order valence-electron chi connectivity index (χ2n) is 8.76. The van der Waals surface area contributed by atoms with E-state index in [0.29, 0.717) is 5.56 Å². The largest absolute Gasteiger partial charge is 0.366 e. The van der Waals surface area contributed by atoms with Crippen LogP contribution in [-0.4, -0.2) is 67.8 Å². The fourth-order valence-electron chi connectivity index (χ4n) is 5.20. The summed E-state index contributed by atoms with van der Waals surface area (Å²) in [5, 5.41) is -0.506. The van der Waals surface area contributed by atoms with Crippen LogP contribution in [0.1, 0.15) is 47.5 Å². The van der Waals surface area contributed by atoms with Gasteiger partial charge < -0.3 is 15.4 Å². The van der Waals surface area contributed by atoms with Crippen molar-refractivity contribution in [3.05, 3.63) is 29.3 Å². The van der Waals surface area contributed by atoms with Gasteiger partial charge in [-0.25, -0.2) is 8.42 Å². The number of rotatable bonds is 6. The minimum absolute atomic E-state index is 0.0701. The van der Waals surface area contributed by atoms with Crippen LogP contribution in [0.2, 0.25) is 0 Å². The molecule has 9 nitrogen and oxygen atoms in total. The van der Waals surface area contributed by atoms with Crippen molar-refractivity contribution in [3.63, 3.8) is 0 Å². The molecular formula is C21H26ClN3O6S. The number of alkyl halides is 1. The number of anilines is 1. The highest BCUT2D eigenvalue weighted by atomic mass is 35.5. The first-order valence-electron chi connectivity index (χ1n) is 10.6. The van der Waals surface area contributed by atoms with Crippen LogP contribution in [0, 0.1) is 5.92 Å². The molecule has 3 fully saturated rings. The third kappa shape index (κ3) is 4.35. The summed E-state index contributed by atoms with van der Waals surface area (Å²) in [4.78, 5) is 40.1. The van der Waals surface area contributed by atoms with Gasteiger partial charge in [0.25, 0.3) is 0 Å². The molecule has 2 heterocycles. The van der Waals surface area contributed by atoms with Crippen molar-refractivity contribution in [2.75, 3.05) is 24.1 Å². The summed E-state index contributed by atoms with van der Waals surface area (Å²) >= 11 is 6.39. The van der Waals surface area contributed by atoms with E-state index in [1.807, 2.05) is 0 Å². The van der Waals surface area contributed by atoms with Gasteiger partial charge in [0.2, 0.25) is 21.8 Å². The van der Waals surface area contributed by atoms with E-state index >= 15 is 0 Å². The number of nitrogens with two attached hydrogens (primary N) is 1. The maximum Gasteiger partial charge on any atom is 0.249 e. The predicted octanol–water partition coefficient (Wildman–Crippen LogP) is 1.22. The van der Waals surface area contributed by atoms with Gasteiger partial charge in [0, 0.05) is 17.8 Å². The number of amides is 2. The van der Waals surface area contributed by atoms with E-state index in [4.69, 9.17) is 22.1 Å². The molecule has 3 N–H and O–H groups in total. The number of halogens is 1. The van der Waals surface area contributed by atoms with Crippen molar-refractivity contribution in [2.24, 2.45) is 11.7 Å². The van der Waals surface area contributed by atoms with Crippen LogP contribution < -0.4 is 10.5 Å². The van der Waals surface area contributed by atoms with Crippen molar-refractivity contribution in [3.8, 4) is 0 Å². The molecule has 1 aromatic rings. The summed E-state index contributed by atoms with van der Waals surface area (Å²) < 4.78 is 31.4. The number of primary amides is 1. The summed E-state index contributed by atoms with van der Waals surface area (Å²) in [5.41, 5.74) is 6.37. The molecule has 1 aromatic carbocycles. The standard InChI is InChI=1S/C21H26ClN3O6S/c1-32(29,30)24-12-6-7-13(20(23)27)14(8-12)17(11-4-2-3-5-11)21(28)25-9-15(22)19-18(25)16(26)10-31-19/h6-8,11,15,17-19,24H,2-5,9-10H2,1H3,(H2,23,27)/t15-,17-,18+,19+/m0/s1. The normalized spacial score (nSPS) is 26.9. The fourth-order valence-corrected chi connectivity index (χ4v) is 6.12. The molecule has 2 amide bonds. The fraction of sp³-hybridized carbons (Fsp3) is 0.571. The second kappa shape index (κ2) is 8.64. The van der Waals surface area contributed by atoms with E-state index < -0.39 is 39.4 Å². The topological polar surface area (TPSA) is 136 Å². The molecule has 2 aliphatic heterocycles. The lowest BCUT2D eigenvalue weighted by molar-refractivity contribution is -0.138. The molecular weight excluding hydrogens is 458 g/mol. The van der Waals surface area contributed by atoms with Crippen LogP contribution in [0.4, 0.5) is 5.69 Å². The van der Waals surface area contributed by atoms with Crippen molar-refractivity contribution in [2.45, 2.75) is 49.1 Å². The Labute approximate surface area is 191 Å². The zero-order chi connectivity index (χ0) is 23.2. The molecule has 32 heavy (non-hydrogen) atoms. The number of nitrogens with one attached hydrogen (secondary N) is 1. The number of ether oxygens (including phenoxy) is 1. The Balaban J connectivity index is 1.78. The van der Waals surface area contributed by atoms with Crippen molar-refractivity contribution in [1.29, 1.82) is 0 Å². The second-order valence-corrected chi connectivity index (χ2v) is 11.1. The zero-order valence-electron chi connectivity index (χ0n) is 17.6. The van der Waals surface area contributed by atoms with E-state index in [1.54, 1.807) is 0 Å². The van der Waals surface area contributed by atoms with E-state index in [0.717, 1.165) is 31.9 Å². The molecule has 0 radical (unpaired) electrons. The quantitative estimate of drug-likeness (QED) is 0.584. The molecule has 3 aliphatic rings. The van der Waals surface area contributed by atoms with Gasteiger partial charge in [-0.1, -0.05) is 12.8 Å². The summed E-state index contributed by atoms with van der Waals surface area (Å²) in [7, 11) is -3.57. The molecule has 4 rings (SSSR count). The van der Waals surface area contributed by atoms with E-state index in [9.17, 15) is 22.8 Å². The molecule has 0 spiro atoms. The minimum Gasteiger partial charge on any atom is -0.366 e. The van der Waals surface area contributed by atoms with Crippen molar-refractivity contribution < 1.29 is 27.5 Å². The molecule has 0 aromatic heterocycles. The van der Waals surface area contributed by atoms with Gasteiger partial charge in [-0.2, -0.15) is 0 Å². The van der Waals surface area contributed by atoms with Gasteiger partial charge >= 0.3 is 0 Å². The average Bonchev–Trinajstić information content (AvgIpc) is 3.41. The number of hydrogen-bond donors (Lipinski definition) is 2. The molecule has 1 saturated carbocycles. The van der Waals surface area contributed by atoms with Crippen molar-refractivity contribution >= 4 is 44.9 Å². The molecule has 0 unspecified atom stereocenters. The molecule has 0 bridgehead atoms. The Kier molecular flexibility index (Phi) is 6.21. The van der Waals surface area contributed by atoms with Crippen LogP contribution in [0.25, 0.3) is 0 Å². The Morgan fingerprint density at radius 1 is 1.28 bits per heavy atom. The van der Waals surface area contributed by atoms with Gasteiger partial charge in [-0.05, 0) is 42.5 Å². The maximum atomic E-state index is 13.9. The van der Waals surface area contributed by atoms with E-state index in [2.05, 4.69) is 4.72 Å². The lowest BCUT2D eigenvalue weighted by Gasteiger charge is -2.31. The number of benzene rings is 1. The third-order valence-electron chi connectivity index (χ3n) is 6.50. The van der Waals surface area contributed by atoms with Gasteiger partial charge in [-0.15, -0.1) is 11.6 Å². The first kappa shape index (κ1) is 23.0. The van der Waals surface area contributed by atoms with Crippen molar-refractivity contribution in [1.82, 2.24) is 4.90 Å². The number of ketones is 1. The SMILES string of the molecule is CS(=O)(=O)Nc1ccc(C(N)=O)c([C@@H](C(=O)N2C[C@H](Cl)[C@H]3OCC(=O)[C@H]32)C2CCCC2)c1. The first-order valence-corrected chi connectivity index (χ1v) is 12.9. The zero-order valence-corrected chi connectivity index (χ0v) is 19.2. The molecule has 2 saturated heterocycles. The summed E-state index contributed by atoms with van der Waals surface area (Å²) in [6, 6.07) is 3.63. The Morgan fingerprint density at radius 2 is 1.97 bits per heavy atom. The predicted molar refractivity (Wildman–Crippen MR) is 118 cm³/mol. The number of sulfonamides is 1. The van der Waals surface area contributed by atoms with E-state index in [-0.39, 0.29) is 42.0 Å². The number of nitrogens with zero attached hydrogens (tertiary/aromatic N) is 1. The molecule has 4 atom stereocenters. The summed E-state index contributed by atoms with van der Waals surface area (Å²) in [5.74, 6) is -2.04. The molecule has 1 aliphatic carbocycles. The van der Waals surface area contributed by atoms with Crippen LogP contribution in [0.15, 0.2) is 18.2 Å². The van der Waals surface area contributed by atoms with Crippen LogP contribution in [0.5, 0.6) is 0 Å². The number of carbonyl (C=O) groups is 3. The Hall–Kier alpha value is -2.17. The lowest BCUT2D eigenvalue weighted by Crippen LogP contribution is -2.45. The number of hydrogen-bond acceptors (Lipinski definition) is 6.